The molecule has 1 aromatic heterocycles. The summed E-state index contributed by atoms with van der Waals surface area (Å²) in [7, 11) is 0. The summed E-state index contributed by atoms with van der Waals surface area (Å²) in [4.78, 5) is 10.6. The molecule has 8 aromatic carbocycles. The van der Waals surface area contributed by atoms with Crippen LogP contribution in [-0.4, -0.2) is 9.97 Å². The molecule has 0 N–H and O–H groups in total. The van der Waals surface area contributed by atoms with Gasteiger partial charge in [0, 0.05) is 22.1 Å². The molecule has 0 radical (unpaired) electrons. The minimum Gasteiger partial charge on any atom is -0.228 e. The van der Waals surface area contributed by atoms with Crippen molar-refractivity contribution in [2.45, 2.75) is 19.3 Å². The standard InChI is InChI=1S/C49H34N2/c1-49(2)44-21-10-9-19-40(44)41-25-24-34(29-45(41)49)37-26-27-42(39-18-8-7-17-38(37)39)47-30-46(35-23-22-31-12-3-4-14-33(31)28-35)50-48(51-47)43-20-11-15-32-13-5-6-16-36(32)43/h3-30H,1-2H3. The van der Waals surface area contributed by atoms with Gasteiger partial charge >= 0.3 is 0 Å². The van der Waals surface area contributed by atoms with Crippen LogP contribution in [0.25, 0.3) is 88.5 Å². The molecule has 0 aliphatic heterocycles. The van der Waals surface area contributed by atoms with E-state index in [4.69, 9.17) is 9.97 Å². The largest absolute Gasteiger partial charge is 0.228 e. The number of nitrogens with zero attached hydrogens (tertiary/aromatic N) is 2. The van der Waals surface area contributed by atoms with Crippen LogP contribution in [0, 0.1) is 0 Å². The van der Waals surface area contributed by atoms with Crippen LogP contribution in [0.3, 0.4) is 0 Å². The Bertz CT molecular complexity index is 2840. The van der Waals surface area contributed by atoms with Crippen molar-refractivity contribution < 1.29 is 0 Å². The van der Waals surface area contributed by atoms with E-state index in [0.717, 1.165) is 39.3 Å². The molecule has 0 saturated heterocycles. The molecule has 1 heterocycles. The first-order valence-electron chi connectivity index (χ1n) is 17.7. The summed E-state index contributed by atoms with van der Waals surface area (Å²) in [6.07, 6.45) is 0. The van der Waals surface area contributed by atoms with Gasteiger partial charge in [0.2, 0.25) is 0 Å². The van der Waals surface area contributed by atoms with E-state index in [1.165, 1.54) is 60.3 Å². The highest BCUT2D eigenvalue weighted by molar-refractivity contribution is 6.05. The molecule has 0 unspecified atom stereocenters. The maximum Gasteiger partial charge on any atom is 0.161 e. The van der Waals surface area contributed by atoms with Crippen LogP contribution < -0.4 is 0 Å². The second-order valence-corrected chi connectivity index (χ2v) is 14.2. The number of rotatable bonds is 4. The van der Waals surface area contributed by atoms with Gasteiger partial charge in [-0.25, -0.2) is 9.97 Å². The number of aromatic nitrogens is 2. The average Bonchev–Trinajstić information content (AvgIpc) is 3.42. The second kappa shape index (κ2) is 11.3. The van der Waals surface area contributed by atoms with Gasteiger partial charge in [-0.2, -0.15) is 0 Å². The summed E-state index contributed by atoms with van der Waals surface area (Å²) in [5.41, 5.74) is 12.9. The molecule has 240 valence electrons. The number of benzene rings is 8. The highest BCUT2D eigenvalue weighted by Crippen LogP contribution is 2.50. The number of fused-ring (bicyclic) bond motifs is 6. The smallest absolute Gasteiger partial charge is 0.161 e. The SMILES string of the molecule is CC1(C)c2ccccc2-c2ccc(-c3ccc(-c4cc(-c5ccc6ccccc6c5)nc(-c5cccc6ccccc56)n4)c4ccccc34)cc21. The fourth-order valence-corrected chi connectivity index (χ4v) is 8.27. The second-order valence-electron chi connectivity index (χ2n) is 14.2. The molecule has 0 amide bonds. The first-order chi connectivity index (χ1) is 25.0. The monoisotopic (exact) mass is 650 g/mol. The molecule has 0 saturated carbocycles. The maximum absolute atomic E-state index is 5.34. The van der Waals surface area contributed by atoms with Gasteiger partial charge in [-0.05, 0) is 83.9 Å². The molecule has 9 aromatic rings. The molecule has 2 nitrogen and oxygen atoms in total. The molecule has 1 aliphatic rings. The molecule has 51 heavy (non-hydrogen) atoms. The topological polar surface area (TPSA) is 25.8 Å². The summed E-state index contributed by atoms with van der Waals surface area (Å²) >= 11 is 0. The molecule has 0 bridgehead atoms. The van der Waals surface area contributed by atoms with Gasteiger partial charge < -0.3 is 0 Å². The molecule has 1 aliphatic carbocycles. The van der Waals surface area contributed by atoms with Crippen molar-refractivity contribution in [1.82, 2.24) is 9.97 Å². The Morgan fingerprint density at radius 2 is 0.941 bits per heavy atom. The van der Waals surface area contributed by atoms with Crippen LogP contribution in [0.2, 0.25) is 0 Å². The Morgan fingerprint density at radius 3 is 1.80 bits per heavy atom. The Balaban J connectivity index is 1.17. The third-order valence-corrected chi connectivity index (χ3v) is 10.9. The molecular weight excluding hydrogens is 617 g/mol. The molecule has 0 spiro atoms. The Kier molecular flexibility index (Phi) is 6.56. The molecule has 2 heteroatoms. The minimum absolute atomic E-state index is 0.0597. The van der Waals surface area contributed by atoms with E-state index in [0.29, 0.717) is 0 Å². The van der Waals surface area contributed by atoms with Gasteiger partial charge in [0.25, 0.3) is 0 Å². The normalized spacial score (nSPS) is 13.1. The van der Waals surface area contributed by atoms with E-state index in [1.54, 1.807) is 0 Å². The molecule has 0 fully saturated rings. The van der Waals surface area contributed by atoms with Crippen molar-refractivity contribution in [2.24, 2.45) is 0 Å². The van der Waals surface area contributed by atoms with E-state index in [2.05, 4.69) is 184 Å². The Hall–Kier alpha value is -6.38. The molecule has 10 rings (SSSR count). The van der Waals surface area contributed by atoms with E-state index < -0.39 is 0 Å². The first-order valence-corrected chi connectivity index (χ1v) is 17.7. The molecular formula is C49H34N2. The van der Waals surface area contributed by atoms with Crippen molar-refractivity contribution in [3.8, 4) is 56.2 Å². The Labute approximate surface area is 297 Å². The van der Waals surface area contributed by atoms with E-state index >= 15 is 0 Å². The van der Waals surface area contributed by atoms with Crippen LogP contribution in [0.1, 0.15) is 25.0 Å². The predicted octanol–water partition coefficient (Wildman–Crippen LogP) is 12.9. The van der Waals surface area contributed by atoms with Gasteiger partial charge in [0.05, 0.1) is 11.4 Å². The third kappa shape index (κ3) is 4.71. The fraction of sp³-hybridized carbons (Fsp3) is 0.0612. The third-order valence-electron chi connectivity index (χ3n) is 10.9. The van der Waals surface area contributed by atoms with Crippen molar-refractivity contribution in [3.63, 3.8) is 0 Å². The van der Waals surface area contributed by atoms with Crippen molar-refractivity contribution in [3.05, 3.63) is 181 Å². The molecule has 0 atom stereocenters. The lowest BCUT2D eigenvalue weighted by Gasteiger charge is -2.22. The zero-order valence-corrected chi connectivity index (χ0v) is 28.6. The summed E-state index contributed by atoms with van der Waals surface area (Å²) in [5.74, 6) is 0.723. The number of hydrogen-bond acceptors (Lipinski definition) is 2. The summed E-state index contributed by atoms with van der Waals surface area (Å²) in [5, 5.41) is 7.10. The van der Waals surface area contributed by atoms with E-state index in [-0.39, 0.29) is 5.41 Å². The van der Waals surface area contributed by atoms with Gasteiger partial charge in [-0.15, -0.1) is 0 Å². The Morgan fingerprint density at radius 1 is 0.353 bits per heavy atom. The van der Waals surface area contributed by atoms with Crippen LogP contribution >= 0.6 is 0 Å². The number of hydrogen-bond donors (Lipinski definition) is 0. The predicted molar refractivity (Wildman–Crippen MR) is 214 cm³/mol. The fourth-order valence-electron chi connectivity index (χ4n) is 8.27. The average molecular weight is 651 g/mol. The minimum atomic E-state index is -0.0597. The maximum atomic E-state index is 5.34. The zero-order valence-electron chi connectivity index (χ0n) is 28.6. The van der Waals surface area contributed by atoms with Gasteiger partial charge in [-0.1, -0.05) is 166 Å². The summed E-state index contributed by atoms with van der Waals surface area (Å²) in [6, 6.07) is 61.3. The quantitative estimate of drug-likeness (QED) is 0.189. The van der Waals surface area contributed by atoms with Crippen LogP contribution in [0.5, 0.6) is 0 Å². The van der Waals surface area contributed by atoms with Crippen molar-refractivity contribution in [1.29, 1.82) is 0 Å². The van der Waals surface area contributed by atoms with Crippen molar-refractivity contribution in [2.75, 3.05) is 0 Å². The summed E-state index contributed by atoms with van der Waals surface area (Å²) < 4.78 is 0. The lowest BCUT2D eigenvalue weighted by molar-refractivity contribution is 0.660. The lowest BCUT2D eigenvalue weighted by Crippen LogP contribution is -2.14. The first kappa shape index (κ1) is 29.5. The van der Waals surface area contributed by atoms with Crippen LogP contribution in [-0.2, 0) is 5.41 Å². The highest BCUT2D eigenvalue weighted by Gasteiger charge is 2.35. The van der Waals surface area contributed by atoms with E-state index in [1.807, 2.05) is 0 Å². The van der Waals surface area contributed by atoms with E-state index in [9.17, 15) is 0 Å². The lowest BCUT2D eigenvalue weighted by atomic mass is 9.81. The zero-order chi connectivity index (χ0) is 34.1. The van der Waals surface area contributed by atoms with Gasteiger partial charge in [0.1, 0.15) is 0 Å². The highest BCUT2D eigenvalue weighted by atomic mass is 14.9. The van der Waals surface area contributed by atoms with Crippen LogP contribution in [0.15, 0.2) is 170 Å². The summed E-state index contributed by atoms with van der Waals surface area (Å²) in [6.45, 7) is 4.69. The van der Waals surface area contributed by atoms with Crippen molar-refractivity contribution >= 4 is 32.3 Å². The van der Waals surface area contributed by atoms with Crippen LogP contribution in [0.4, 0.5) is 0 Å². The van der Waals surface area contributed by atoms with Gasteiger partial charge in [-0.3, -0.25) is 0 Å². The van der Waals surface area contributed by atoms with Gasteiger partial charge in [0.15, 0.2) is 5.82 Å².